The maximum absolute atomic E-state index is 10.7. The van der Waals surface area contributed by atoms with Gasteiger partial charge in [0.05, 0.1) is 17.1 Å². The van der Waals surface area contributed by atoms with Gasteiger partial charge in [-0.1, -0.05) is 33.8 Å². The van der Waals surface area contributed by atoms with Crippen LogP contribution in [0.4, 0.5) is 0 Å². The molecule has 2 aromatic rings. The molecule has 0 amide bonds. The maximum Gasteiger partial charge on any atom is 0.313 e. The second-order valence-electron chi connectivity index (χ2n) is 4.15. The summed E-state index contributed by atoms with van der Waals surface area (Å²) in [5, 5.41) is 9.47. The molecule has 0 spiro atoms. The second-order valence-corrected chi connectivity index (χ2v) is 6.01. The Morgan fingerprint density at radius 1 is 1.47 bits per heavy atom. The topological polar surface area (TPSA) is 55.1 Å². The molecule has 0 aliphatic heterocycles. The first-order chi connectivity index (χ1) is 8.97. The first-order valence-electron chi connectivity index (χ1n) is 5.64. The molecular formula is C13H13BrN2O2S. The first-order valence-corrected chi connectivity index (χ1v) is 7.42. The van der Waals surface area contributed by atoms with Gasteiger partial charge in [-0.3, -0.25) is 9.36 Å². The minimum absolute atomic E-state index is 0.00348. The minimum Gasteiger partial charge on any atom is -0.481 e. The Morgan fingerprint density at radius 2 is 2.21 bits per heavy atom. The number of halogens is 1. The van der Waals surface area contributed by atoms with Crippen LogP contribution in [0, 0.1) is 13.8 Å². The summed E-state index contributed by atoms with van der Waals surface area (Å²) < 4.78 is 2.91. The summed E-state index contributed by atoms with van der Waals surface area (Å²) >= 11 is 4.67. The Balaban J connectivity index is 2.43. The van der Waals surface area contributed by atoms with Crippen molar-refractivity contribution in [1.82, 2.24) is 9.55 Å². The number of hydrogen-bond acceptors (Lipinski definition) is 3. The van der Waals surface area contributed by atoms with Gasteiger partial charge >= 0.3 is 5.97 Å². The van der Waals surface area contributed by atoms with Crippen molar-refractivity contribution in [3.8, 4) is 5.69 Å². The number of hydrogen-bond donors (Lipinski definition) is 1. The highest BCUT2D eigenvalue weighted by atomic mass is 79.9. The third-order valence-corrected chi connectivity index (χ3v) is 3.98. The Bertz CT molecular complexity index is 625. The summed E-state index contributed by atoms with van der Waals surface area (Å²) in [6.45, 7) is 3.91. The summed E-state index contributed by atoms with van der Waals surface area (Å²) in [6, 6.07) is 5.99. The zero-order valence-corrected chi connectivity index (χ0v) is 13.0. The number of nitrogens with zero attached hydrogens (tertiary/aromatic N) is 2. The van der Waals surface area contributed by atoms with E-state index in [9.17, 15) is 4.79 Å². The molecule has 0 bridgehead atoms. The van der Waals surface area contributed by atoms with Gasteiger partial charge in [0.15, 0.2) is 5.16 Å². The molecule has 2 rings (SSSR count). The molecule has 0 saturated heterocycles. The number of aryl methyl sites for hydroxylation is 2. The number of rotatable bonds is 4. The number of carbonyl (C=O) groups is 1. The van der Waals surface area contributed by atoms with Crippen LogP contribution in [0.5, 0.6) is 0 Å². The van der Waals surface area contributed by atoms with E-state index in [1.165, 1.54) is 11.8 Å². The van der Waals surface area contributed by atoms with Crippen LogP contribution in [0.2, 0.25) is 0 Å². The van der Waals surface area contributed by atoms with Crippen LogP contribution in [-0.4, -0.2) is 26.4 Å². The van der Waals surface area contributed by atoms with Crippen molar-refractivity contribution in [1.29, 1.82) is 0 Å². The largest absolute Gasteiger partial charge is 0.481 e. The summed E-state index contributed by atoms with van der Waals surface area (Å²) in [4.78, 5) is 15.1. The van der Waals surface area contributed by atoms with Crippen molar-refractivity contribution in [2.24, 2.45) is 0 Å². The van der Waals surface area contributed by atoms with Crippen LogP contribution >= 0.6 is 27.7 Å². The van der Waals surface area contributed by atoms with E-state index >= 15 is 0 Å². The van der Waals surface area contributed by atoms with E-state index in [1.807, 2.05) is 42.8 Å². The van der Waals surface area contributed by atoms with Crippen molar-refractivity contribution in [2.45, 2.75) is 19.0 Å². The Hall–Kier alpha value is -1.27. The van der Waals surface area contributed by atoms with Crippen LogP contribution in [0.25, 0.3) is 5.69 Å². The number of aliphatic carboxylic acids is 1. The summed E-state index contributed by atoms with van der Waals surface area (Å²) in [6.07, 6.45) is 1.92. The number of imidazole rings is 1. The molecule has 1 aromatic heterocycles. The lowest BCUT2D eigenvalue weighted by atomic mass is 10.2. The van der Waals surface area contributed by atoms with Gasteiger partial charge in [0.1, 0.15) is 0 Å². The van der Waals surface area contributed by atoms with E-state index in [4.69, 9.17) is 5.11 Å². The van der Waals surface area contributed by atoms with E-state index in [0.29, 0.717) is 5.16 Å². The molecular weight excluding hydrogens is 328 g/mol. The number of aromatic nitrogens is 2. The number of carboxylic acid groups (broad SMARTS) is 1. The Labute approximate surface area is 124 Å². The summed E-state index contributed by atoms with van der Waals surface area (Å²) in [7, 11) is 0. The molecule has 100 valence electrons. The molecule has 0 aliphatic rings. The van der Waals surface area contributed by atoms with Crippen molar-refractivity contribution in [2.75, 3.05) is 5.75 Å². The SMILES string of the molecule is Cc1cn(-c2cc(Br)ccc2C)c(SCC(=O)O)n1. The third-order valence-electron chi connectivity index (χ3n) is 2.55. The standard InChI is InChI=1S/C13H13BrN2O2S/c1-8-3-4-10(14)5-11(8)16-6-9(2)15-13(16)19-7-12(17)18/h3-6H,7H2,1-2H3,(H,17,18). The van der Waals surface area contributed by atoms with Gasteiger partial charge in [-0.15, -0.1) is 0 Å². The lowest BCUT2D eigenvalue weighted by Gasteiger charge is -2.10. The van der Waals surface area contributed by atoms with E-state index < -0.39 is 5.97 Å². The highest BCUT2D eigenvalue weighted by molar-refractivity contribution is 9.10. The van der Waals surface area contributed by atoms with Crippen molar-refractivity contribution in [3.63, 3.8) is 0 Å². The first kappa shape index (κ1) is 14.1. The fourth-order valence-electron chi connectivity index (χ4n) is 1.72. The van der Waals surface area contributed by atoms with E-state index in [1.54, 1.807) is 0 Å². The van der Waals surface area contributed by atoms with Gasteiger partial charge in [-0.2, -0.15) is 0 Å². The normalized spacial score (nSPS) is 10.7. The molecule has 0 aliphatic carbocycles. The molecule has 19 heavy (non-hydrogen) atoms. The van der Waals surface area contributed by atoms with Crippen LogP contribution < -0.4 is 0 Å². The molecule has 0 saturated carbocycles. The molecule has 0 atom stereocenters. The van der Waals surface area contributed by atoms with Gasteiger partial charge in [0.25, 0.3) is 0 Å². The highest BCUT2D eigenvalue weighted by Crippen LogP contribution is 2.26. The van der Waals surface area contributed by atoms with E-state index in [-0.39, 0.29) is 5.75 Å². The van der Waals surface area contributed by atoms with E-state index in [0.717, 1.165) is 21.4 Å². The number of carboxylic acids is 1. The lowest BCUT2D eigenvalue weighted by molar-refractivity contribution is -0.133. The Kier molecular flexibility index (Phi) is 4.31. The van der Waals surface area contributed by atoms with Gasteiger partial charge in [0.2, 0.25) is 0 Å². The molecule has 1 aromatic carbocycles. The maximum atomic E-state index is 10.7. The molecule has 1 heterocycles. The third kappa shape index (κ3) is 3.39. The Morgan fingerprint density at radius 3 is 2.89 bits per heavy atom. The molecule has 0 fully saturated rings. The van der Waals surface area contributed by atoms with Gasteiger partial charge < -0.3 is 5.11 Å². The molecule has 0 unspecified atom stereocenters. The van der Waals surface area contributed by atoms with Crippen molar-refractivity contribution >= 4 is 33.7 Å². The average Bonchev–Trinajstić information content (AvgIpc) is 2.71. The highest BCUT2D eigenvalue weighted by Gasteiger charge is 2.12. The van der Waals surface area contributed by atoms with Crippen LogP contribution in [0.3, 0.4) is 0 Å². The quantitative estimate of drug-likeness (QED) is 0.866. The molecule has 1 N–H and O–H groups in total. The smallest absolute Gasteiger partial charge is 0.313 e. The molecule has 0 radical (unpaired) electrons. The van der Waals surface area contributed by atoms with Gasteiger partial charge in [0, 0.05) is 10.7 Å². The van der Waals surface area contributed by atoms with Crippen LogP contribution in [0.15, 0.2) is 34.0 Å². The summed E-state index contributed by atoms with van der Waals surface area (Å²) in [5.41, 5.74) is 2.98. The fraction of sp³-hybridized carbons (Fsp3) is 0.231. The van der Waals surface area contributed by atoms with Crippen molar-refractivity contribution < 1.29 is 9.90 Å². The van der Waals surface area contributed by atoms with Crippen molar-refractivity contribution in [3.05, 3.63) is 40.1 Å². The number of benzene rings is 1. The fourth-order valence-corrected chi connectivity index (χ4v) is 2.82. The lowest BCUT2D eigenvalue weighted by Crippen LogP contribution is -2.02. The minimum atomic E-state index is -0.844. The van der Waals surface area contributed by atoms with Crippen LogP contribution in [0.1, 0.15) is 11.3 Å². The monoisotopic (exact) mass is 340 g/mol. The summed E-state index contributed by atoms with van der Waals surface area (Å²) in [5.74, 6) is -0.841. The predicted octanol–water partition coefficient (Wildman–Crippen LogP) is 3.43. The number of thioether (sulfide) groups is 1. The van der Waals surface area contributed by atoms with Crippen LogP contribution in [-0.2, 0) is 4.79 Å². The van der Waals surface area contributed by atoms with Gasteiger partial charge in [-0.05, 0) is 31.5 Å². The molecule has 4 nitrogen and oxygen atoms in total. The zero-order chi connectivity index (χ0) is 14.0. The van der Waals surface area contributed by atoms with Gasteiger partial charge in [-0.25, -0.2) is 4.98 Å². The predicted molar refractivity (Wildman–Crippen MR) is 79.1 cm³/mol. The molecule has 6 heteroatoms. The zero-order valence-electron chi connectivity index (χ0n) is 10.6. The average molecular weight is 341 g/mol. The van der Waals surface area contributed by atoms with E-state index in [2.05, 4.69) is 20.9 Å². The second kappa shape index (κ2) is 5.79.